The number of nitrogens with zero attached hydrogens (tertiary/aromatic N) is 24. The van der Waals surface area contributed by atoms with E-state index in [1.807, 2.05) is 107 Å². The van der Waals surface area contributed by atoms with Crippen LogP contribution in [0, 0.1) is 38.3 Å². The molecule has 0 aliphatic carbocycles. The molecule has 6 fully saturated rings. The minimum absolute atomic E-state index is 0.350. The van der Waals surface area contributed by atoms with Crippen molar-refractivity contribution in [3.05, 3.63) is 284 Å². The second kappa shape index (κ2) is 41.8. The Morgan fingerprint density at radius 1 is 0.341 bits per heavy atom. The number of amidine groups is 6. The molecule has 0 radical (unpaired) electrons. The number of anilines is 2. The first-order valence-electron chi connectivity index (χ1n) is 48.7. The molecule has 16 aromatic rings. The highest BCUT2D eigenvalue weighted by Gasteiger charge is 2.32. The molecular formula is C102H130ClFN30O2S2+6. The summed E-state index contributed by atoms with van der Waals surface area (Å²) in [6.45, 7) is 20.4. The minimum atomic E-state index is -0.366. The Bertz CT molecular complexity index is 6700. The number of halogens is 2. The minimum Gasteiger partial charge on any atom is -0.467 e. The van der Waals surface area contributed by atoms with Gasteiger partial charge in [0.25, 0.3) is 0 Å². The first-order chi connectivity index (χ1) is 67.1. The molecule has 8 aliphatic rings. The lowest BCUT2D eigenvalue weighted by atomic mass is 10.1. The number of hydrogen-bond donors (Lipinski definition) is 6. The molecular weight excluding hydrogens is 1800 g/mol. The molecule has 0 saturated carbocycles. The third-order valence-corrected chi connectivity index (χ3v) is 30.4. The van der Waals surface area contributed by atoms with Gasteiger partial charge in [-0.25, -0.2) is 41.4 Å². The average Bonchev–Trinajstić information content (AvgIpc) is 1.73. The smallest absolute Gasteiger partial charge is 0.307 e. The van der Waals surface area contributed by atoms with Crippen LogP contribution >= 0.6 is 34.3 Å². The summed E-state index contributed by atoms with van der Waals surface area (Å²) in [5, 5.41) is 54.7. The largest absolute Gasteiger partial charge is 0.467 e. The lowest BCUT2D eigenvalue weighted by Crippen LogP contribution is -2.37. The van der Waals surface area contributed by atoms with Gasteiger partial charge in [-0.3, -0.25) is 32.5 Å². The molecule has 0 amide bonds. The first kappa shape index (κ1) is 93.5. The van der Waals surface area contributed by atoms with Gasteiger partial charge < -0.3 is 48.0 Å². The maximum atomic E-state index is 14.7. The second-order valence-electron chi connectivity index (χ2n) is 37.4. The van der Waals surface area contributed by atoms with Gasteiger partial charge in [0, 0.05) is 217 Å². The van der Waals surface area contributed by atoms with Crippen molar-refractivity contribution < 1.29 is 40.9 Å². The average molecular weight is 1930 g/mol. The third kappa shape index (κ3) is 20.6. The Labute approximate surface area is 816 Å². The van der Waals surface area contributed by atoms with Crippen LogP contribution in [0.3, 0.4) is 0 Å². The topological polar surface area (TPSA) is 266 Å². The van der Waals surface area contributed by atoms with Crippen molar-refractivity contribution in [3.63, 3.8) is 0 Å². The molecule has 720 valence electrons. The Kier molecular flexibility index (Phi) is 28.3. The van der Waals surface area contributed by atoms with E-state index in [0.717, 1.165) is 194 Å². The van der Waals surface area contributed by atoms with E-state index < -0.39 is 0 Å². The normalized spacial score (nSPS) is 15.8. The van der Waals surface area contributed by atoms with E-state index in [0.29, 0.717) is 64.3 Å². The maximum Gasteiger partial charge on any atom is 0.307 e. The van der Waals surface area contributed by atoms with Crippen molar-refractivity contribution >= 4 is 104 Å². The molecule has 6 N–H and O–H groups in total. The summed E-state index contributed by atoms with van der Waals surface area (Å²) in [5.41, 5.74) is 11.6. The molecule has 24 rings (SSSR count). The maximum absolute atomic E-state index is 14.7. The van der Waals surface area contributed by atoms with Crippen LogP contribution in [0.4, 0.5) is 16.0 Å². The fraction of sp³-hybridized carbons (Fsp3) is 0.412. The standard InChI is InChI=1S/C18H20ClFN5.C18H22N5.C17H24N5O.C17H24N5S.C16H20N5O.C16H20N5S/c1-22-7-4-17-24(8-9-25(17)22)12-14-15(19)10-13(11-16(14)20)18(21)23-5-2-3-6-23;1-20-11-8-17-22(12-13-23(17)20)14-15-4-6-16(7-5-15)18(19)21-9-2-3-10-21;2*1-19-8-5-16-21(9-10-22(16)19)12-15-11-14(13-23-15)17(18)20-6-3-2-4-7-20;2*1-18-7-4-15-20(8-9-21(15)18)11-14-10-13(12-22-14)16(17)19-5-2-3-6-19/h4,7-11,21H,2-3,5-6,12H2,1H3;4-8,11-13,19H,2-3,9-10,14H2,1H3;2*5,8,11,13,18H,2-4,6-7,9-10,12H2,1H3;2*4,7-10,12,17H,2-3,5-6,11H2,1H3/q6*+1. The summed E-state index contributed by atoms with van der Waals surface area (Å²) in [5.74, 6) is 7.58. The molecule has 0 bridgehead atoms. The number of nitrogens with one attached hydrogen (secondary N) is 6. The molecule has 6 saturated heterocycles. The predicted molar refractivity (Wildman–Crippen MR) is 535 cm³/mol. The van der Waals surface area contributed by atoms with E-state index in [9.17, 15) is 4.39 Å². The molecule has 138 heavy (non-hydrogen) atoms. The highest BCUT2D eigenvalue weighted by Crippen LogP contribution is 2.30. The highest BCUT2D eigenvalue weighted by atomic mass is 35.5. The van der Waals surface area contributed by atoms with Crippen LogP contribution in [-0.4, -0.2) is 202 Å². The number of likely N-dealkylation sites (tertiary alicyclic amines) is 6. The number of furan rings is 2. The van der Waals surface area contributed by atoms with Gasteiger partial charge >= 0.3 is 22.6 Å². The van der Waals surface area contributed by atoms with Crippen molar-refractivity contribution in [2.24, 2.45) is 42.3 Å². The van der Waals surface area contributed by atoms with Gasteiger partial charge in [-0.15, -0.1) is 59.5 Å². The number of benzene rings is 2. The SMILES string of the molecule is C[n+]1ccc2n1CCN2Cc1cc(C(=N)N2CCCCC2)co1.C[n+]1ccc2n1CCN2Cc1cc(C(=N)N2CCCCC2)cs1.Cn1ccc2n1cc[n+]2Cc1c(F)cc(C(=N)N2CCCC2)cc1Cl.Cn1ccc2n1cc[n+]2Cc1cc(C(=N)N2CCCC2)co1.Cn1ccc2n1cc[n+]2Cc1cc(C(=N)N2CCCC2)cs1.Cn1ccc2n1cc[n+]2Cc1ccc(C(=N)N2CCCC2)cc1. The van der Waals surface area contributed by atoms with Gasteiger partial charge in [-0.05, 0) is 132 Å². The van der Waals surface area contributed by atoms with Crippen LogP contribution in [-0.2, 0) is 94.6 Å². The summed E-state index contributed by atoms with van der Waals surface area (Å²) in [6, 6.07) is 32.6. The summed E-state index contributed by atoms with van der Waals surface area (Å²) in [4.78, 5) is 20.2. The quantitative estimate of drug-likeness (QED) is 0.0269. The van der Waals surface area contributed by atoms with Crippen molar-refractivity contribution in [1.29, 1.82) is 32.5 Å². The number of imidazole rings is 4. The van der Waals surface area contributed by atoms with Gasteiger partial charge in [0.15, 0.2) is 62.9 Å². The fourth-order valence-corrected chi connectivity index (χ4v) is 22.3. The molecule has 8 aliphatic heterocycles. The molecule has 22 heterocycles. The zero-order valence-electron chi connectivity index (χ0n) is 80.2. The van der Waals surface area contributed by atoms with Crippen LogP contribution in [0.15, 0.2) is 216 Å². The summed E-state index contributed by atoms with van der Waals surface area (Å²) in [7, 11) is 12.2. The number of thiophene rings is 2. The molecule has 32 nitrogen and oxygen atoms in total. The van der Waals surface area contributed by atoms with Crippen LogP contribution in [0.25, 0.3) is 22.6 Å². The van der Waals surface area contributed by atoms with Gasteiger partial charge in [-0.2, -0.15) is 0 Å². The Morgan fingerprint density at radius 2 is 0.696 bits per heavy atom. The number of aromatic nitrogens is 16. The molecule has 0 unspecified atom stereocenters. The van der Waals surface area contributed by atoms with Crippen molar-refractivity contribution in [1.82, 2.24) is 75.6 Å². The van der Waals surface area contributed by atoms with Gasteiger partial charge in [0.1, 0.15) is 116 Å². The van der Waals surface area contributed by atoms with E-state index in [1.54, 1.807) is 41.3 Å². The Balaban J connectivity index is 0.000000106. The summed E-state index contributed by atoms with van der Waals surface area (Å²) in [6.07, 6.45) is 48.8. The Morgan fingerprint density at radius 3 is 1.13 bits per heavy atom. The zero-order valence-corrected chi connectivity index (χ0v) is 82.6. The van der Waals surface area contributed by atoms with E-state index >= 15 is 0 Å². The number of hydrogen-bond acceptors (Lipinski definition) is 12. The van der Waals surface area contributed by atoms with Gasteiger partial charge in [0.2, 0.25) is 0 Å². The number of rotatable bonds is 18. The van der Waals surface area contributed by atoms with Crippen molar-refractivity contribution in [2.75, 3.05) is 101 Å². The Hall–Kier alpha value is -13.5. The van der Waals surface area contributed by atoms with E-state index in [-0.39, 0.29) is 5.82 Å². The lowest BCUT2D eigenvalue weighted by Gasteiger charge is -2.28. The molecule has 14 aromatic heterocycles. The van der Waals surface area contributed by atoms with E-state index in [2.05, 4.69) is 231 Å². The van der Waals surface area contributed by atoms with Gasteiger partial charge in [0.05, 0.1) is 54.5 Å². The molecule has 2 aromatic carbocycles. The van der Waals surface area contributed by atoms with Crippen LogP contribution in [0.5, 0.6) is 0 Å². The van der Waals surface area contributed by atoms with E-state index in [1.165, 1.54) is 121 Å². The highest BCUT2D eigenvalue weighted by molar-refractivity contribution is 7.10. The molecule has 0 spiro atoms. The van der Waals surface area contributed by atoms with Crippen LogP contribution in [0.2, 0.25) is 5.02 Å². The summed E-state index contributed by atoms with van der Waals surface area (Å²) < 4.78 is 60.0. The number of fused-ring (bicyclic) bond motifs is 6. The van der Waals surface area contributed by atoms with Crippen LogP contribution < -0.4 is 37.4 Å². The number of piperidine rings is 2. The van der Waals surface area contributed by atoms with Crippen molar-refractivity contribution in [2.45, 2.75) is 142 Å². The second-order valence-corrected chi connectivity index (χ2v) is 39.8. The lowest BCUT2D eigenvalue weighted by molar-refractivity contribution is -0.751. The third-order valence-electron chi connectivity index (χ3n) is 28.2. The monoisotopic (exact) mass is 1930 g/mol. The zero-order chi connectivity index (χ0) is 95.2. The van der Waals surface area contributed by atoms with Gasteiger partial charge in [-0.1, -0.05) is 35.9 Å². The number of aryl methyl sites for hydroxylation is 6. The first-order valence-corrected chi connectivity index (χ1v) is 50.9. The van der Waals surface area contributed by atoms with Crippen LogP contribution in [0.1, 0.15) is 156 Å². The molecule has 36 heteroatoms. The summed E-state index contributed by atoms with van der Waals surface area (Å²) >= 11 is 9.91. The van der Waals surface area contributed by atoms with Crippen molar-refractivity contribution in [3.8, 4) is 0 Å². The predicted octanol–water partition coefficient (Wildman–Crippen LogP) is 12.5. The van der Waals surface area contributed by atoms with E-state index in [4.69, 9.17) is 52.9 Å². The molecule has 0 atom stereocenters. The fourth-order valence-electron chi connectivity index (χ4n) is 20.2.